The van der Waals surface area contributed by atoms with Gasteiger partial charge >= 0.3 is 0 Å². The first kappa shape index (κ1) is 17.9. The summed E-state index contributed by atoms with van der Waals surface area (Å²) in [5, 5.41) is 14.3. The van der Waals surface area contributed by atoms with E-state index >= 15 is 0 Å². The third kappa shape index (κ3) is 2.87. The molecule has 3 N–H and O–H groups in total. The number of aryl methyl sites for hydroxylation is 1. The number of aromatic amines is 1. The van der Waals surface area contributed by atoms with Gasteiger partial charge in [-0.3, -0.25) is 4.79 Å². The zero-order valence-electron chi connectivity index (χ0n) is 16.7. The van der Waals surface area contributed by atoms with E-state index in [0.717, 1.165) is 49.2 Å². The van der Waals surface area contributed by atoms with Crippen molar-refractivity contribution >= 4 is 5.91 Å². The molecule has 1 aromatic carbocycles. The Bertz CT molecular complexity index is 890. The van der Waals surface area contributed by atoms with Crippen molar-refractivity contribution in [3.63, 3.8) is 0 Å². The molecule has 1 heterocycles. The number of nitrogens with zero attached hydrogens (tertiary/aromatic N) is 1. The Morgan fingerprint density at radius 1 is 1.21 bits per heavy atom. The van der Waals surface area contributed by atoms with Gasteiger partial charge in [-0.15, -0.1) is 0 Å². The smallest absolute Gasteiger partial charge is 0.271 e. The normalized spacial score (nSPS) is 34.4. The molecule has 148 valence electrons. The maximum absolute atomic E-state index is 13.0. The lowest BCUT2D eigenvalue weighted by Crippen LogP contribution is -2.61. The molecule has 0 saturated heterocycles. The van der Waals surface area contributed by atoms with Crippen LogP contribution in [0.4, 0.5) is 0 Å². The molecule has 3 unspecified atom stereocenters. The molecule has 1 amide bonds. The molecule has 1 aromatic heterocycles. The minimum Gasteiger partial charge on any atom is -0.390 e. The Labute approximate surface area is 166 Å². The largest absolute Gasteiger partial charge is 0.390 e. The summed E-state index contributed by atoms with van der Waals surface area (Å²) in [6.45, 7) is 4.01. The van der Waals surface area contributed by atoms with Crippen molar-refractivity contribution < 1.29 is 9.90 Å². The number of hydrogen-bond donors (Lipinski definition) is 3. The third-order valence-corrected chi connectivity index (χ3v) is 7.49. The average Bonchev–Trinajstić information content (AvgIpc) is 3.02. The second kappa shape index (κ2) is 6.18. The molecule has 0 radical (unpaired) electrons. The minimum absolute atomic E-state index is 0.0287. The fraction of sp³-hybridized carbons (Fsp3) is 0.565. The lowest BCUT2D eigenvalue weighted by molar-refractivity contribution is -0.171. The van der Waals surface area contributed by atoms with E-state index in [1.807, 2.05) is 37.3 Å². The van der Waals surface area contributed by atoms with E-state index in [1.54, 1.807) is 0 Å². The molecule has 3 atom stereocenters. The van der Waals surface area contributed by atoms with Crippen LogP contribution in [-0.4, -0.2) is 32.6 Å². The Morgan fingerprint density at radius 3 is 2.54 bits per heavy atom. The maximum Gasteiger partial charge on any atom is 0.271 e. The summed E-state index contributed by atoms with van der Waals surface area (Å²) < 4.78 is 0. The van der Waals surface area contributed by atoms with Crippen LogP contribution in [-0.2, 0) is 0 Å². The molecule has 4 aliphatic carbocycles. The van der Waals surface area contributed by atoms with Crippen molar-refractivity contribution in [2.45, 2.75) is 64.0 Å². The van der Waals surface area contributed by atoms with Gasteiger partial charge in [0.1, 0.15) is 11.5 Å². The number of aliphatic hydroxyl groups is 1. The molecular weight excluding hydrogens is 350 g/mol. The first-order chi connectivity index (χ1) is 13.4. The van der Waals surface area contributed by atoms with Gasteiger partial charge in [-0.25, -0.2) is 4.98 Å². The van der Waals surface area contributed by atoms with Gasteiger partial charge in [-0.05, 0) is 69.6 Å². The molecule has 4 aliphatic rings. The van der Waals surface area contributed by atoms with Crippen molar-refractivity contribution in [2.75, 3.05) is 0 Å². The fourth-order valence-electron chi connectivity index (χ4n) is 6.62. The van der Waals surface area contributed by atoms with Crippen LogP contribution in [0.15, 0.2) is 30.3 Å². The van der Waals surface area contributed by atoms with Gasteiger partial charge in [0.15, 0.2) is 0 Å². The molecule has 28 heavy (non-hydrogen) atoms. The van der Waals surface area contributed by atoms with Gasteiger partial charge in [0.2, 0.25) is 0 Å². The summed E-state index contributed by atoms with van der Waals surface area (Å²) in [6, 6.07) is 9.90. The Balaban J connectivity index is 1.36. The SMILES string of the molecule is Cc1[nH]c(-c2ccccc2)nc1C(=O)NC(C)C12CC3CC(CC(O)(C3)C1)C2. The lowest BCUT2D eigenvalue weighted by atomic mass is 9.46. The van der Waals surface area contributed by atoms with Crippen molar-refractivity contribution in [1.29, 1.82) is 0 Å². The maximum atomic E-state index is 13.0. The predicted octanol–water partition coefficient (Wildman–Crippen LogP) is 3.83. The Morgan fingerprint density at radius 2 is 1.89 bits per heavy atom. The summed E-state index contributed by atoms with van der Waals surface area (Å²) in [4.78, 5) is 20.9. The van der Waals surface area contributed by atoms with Crippen LogP contribution < -0.4 is 5.32 Å². The molecule has 5 nitrogen and oxygen atoms in total. The first-order valence-corrected chi connectivity index (χ1v) is 10.5. The van der Waals surface area contributed by atoms with Crippen LogP contribution in [0.3, 0.4) is 0 Å². The van der Waals surface area contributed by atoms with Gasteiger partial charge in [-0.1, -0.05) is 30.3 Å². The highest BCUT2D eigenvalue weighted by atomic mass is 16.3. The highest BCUT2D eigenvalue weighted by Gasteiger charge is 2.59. The number of carbonyl (C=O) groups excluding carboxylic acids is 1. The first-order valence-electron chi connectivity index (χ1n) is 10.5. The number of aromatic nitrogens is 2. The van der Waals surface area contributed by atoms with E-state index in [0.29, 0.717) is 17.5 Å². The van der Waals surface area contributed by atoms with Crippen LogP contribution in [0.1, 0.15) is 61.6 Å². The molecule has 0 spiro atoms. The van der Waals surface area contributed by atoms with Crippen LogP contribution in [0.2, 0.25) is 0 Å². The highest BCUT2D eigenvalue weighted by molar-refractivity contribution is 5.94. The standard InChI is InChI=1S/C23H29N3O2/c1-14-19(26-20(24-14)18-6-4-3-5-7-18)21(27)25-15(2)22-9-16-8-17(10-22)12-23(28,11-16)13-22/h3-7,15-17,28H,8-13H2,1-2H3,(H,24,26)(H,25,27). The molecule has 4 saturated carbocycles. The fourth-order valence-corrected chi connectivity index (χ4v) is 6.62. The van der Waals surface area contributed by atoms with Gasteiger partial charge in [0, 0.05) is 17.3 Å². The van der Waals surface area contributed by atoms with E-state index < -0.39 is 5.60 Å². The van der Waals surface area contributed by atoms with Gasteiger partial charge in [0.05, 0.1) is 5.60 Å². The summed E-state index contributed by atoms with van der Waals surface area (Å²) in [6.07, 6.45) is 6.23. The number of hydrogen-bond acceptors (Lipinski definition) is 3. The van der Waals surface area contributed by atoms with Gasteiger partial charge in [-0.2, -0.15) is 0 Å². The molecular formula is C23H29N3O2. The molecule has 5 heteroatoms. The van der Waals surface area contributed by atoms with Gasteiger partial charge < -0.3 is 15.4 Å². The third-order valence-electron chi connectivity index (χ3n) is 7.49. The van der Waals surface area contributed by atoms with Crippen LogP contribution in [0.5, 0.6) is 0 Å². The molecule has 2 aromatic rings. The highest BCUT2D eigenvalue weighted by Crippen LogP contribution is 2.62. The molecule has 0 aliphatic heterocycles. The number of carbonyl (C=O) groups is 1. The minimum atomic E-state index is -0.508. The Hall–Kier alpha value is -2.14. The topological polar surface area (TPSA) is 78.0 Å². The second-order valence-electron chi connectivity index (χ2n) is 9.67. The zero-order chi connectivity index (χ0) is 19.5. The second-order valence-corrected chi connectivity index (χ2v) is 9.67. The average molecular weight is 380 g/mol. The quantitative estimate of drug-likeness (QED) is 0.755. The monoisotopic (exact) mass is 379 g/mol. The van der Waals surface area contributed by atoms with Crippen molar-refractivity contribution in [3.8, 4) is 11.4 Å². The van der Waals surface area contributed by atoms with E-state index in [1.165, 1.54) is 6.42 Å². The Kier molecular flexibility index (Phi) is 3.96. The van der Waals surface area contributed by atoms with Crippen LogP contribution in [0, 0.1) is 24.2 Å². The number of imidazole rings is 1. The number of H-pyrrole nitrogens is 1. The zero-order valence-corrected chi connectivity index (χ0v) is 16.7. The molecule has 4 bridgehead atoms. The van der Waals surface area contributed by atoms with Crippen LogP contribution in [0.25, 0.3) is 11.4 Å². The lowest BCUT2D eigenvalue weighted by Gasteiger charge is -2.62. The number of benzene rings is 1. The summed E-state index contributed by atoms with van der Waals surface area (Å²) in [5.41, 5.74) is 1.75. The predicted molar refractivity (Wildman–Crippen MR) is 108 cm³/mol. The van der Waals surface area contributed by atoms with E-state index in [2.05, 4.69) is 22.2 Å². The summed E-state index contributed by atoms with van der Waals surface area (Å²) >= 11 is 0. The van der Waals surface area contributed by atoms with E-state index in [4.69, 9.17) is 0 Å². The summed E-state index contributed by atoms with van der Waals surface area (Å²) in [7, 11) is 0. The number of nitrogens with one attached hydrogen (secondary N) is 2. The van der Waals surface area contributed by atoms with Crippen LogP contribution >= 0.6 is 0 Å². The van der Waals surface area contributed by atoms with Crippen molar-refractivity contribution in [3.05, 3.63) is 41.7 Å². The number of amides is 1. The van der Waals surface area contributed by atoms with Crippen molar-refractivity contribution in [1.82, 2.24) is 15.3 Å². The van der Waals surface area contributed by atoms with E-state index in [9.17, 15) is 9.90 Å². The van der Waals surface area contributed by atoms with E-state index in [-0.39, 0.29) is 17.4 Å². The van der Waals surface area contributed by atoms with Crippen molar-refractivity contribution in [2.24, 2.45) is 17.3 Å². The number of rotatable bonds is 4. The summed E-state index contributed by atoms with van der Waals surface area (Å²) in [5.74, 6) is 1.83. The van der Waals surface area contributed by atoms with Gasteiger partial charge in [0.25, 0.3) is 5.91 Å². The molecule has 4 fully saturated rings. The molecule has 6 rings (SSSR count).